The van der Waals surface area contributed by atoms with Crippen LogP contribution >= 0.6 is 34.5 Å². The molecular weight excluding hydrogens is 272 g/mol. The first-order valence-corrected chi connectivity index (χ1v) is 4.78. The lowest BCUT2D eigenvalue weighted by atomic mass is 10.1. The van der Waals surface area contributed by atoms with Gasteiger partial charge in [-0.1, -0.05) is 17.7 Å². The van der Waals surface area contributed by atoms with Crippen LogP contribution in [0, 0.1) is 0 Å². The topological polar surface area (TPSA) is 3.24 Å². The van der Waals surface area contributed by atoms with Gasteiger partial charge in [-0.3, -0.25) is 0 Å². The van der Waals surface area contributed by atoms with Gasteiger partial charge in [0.2, 0.25) is 0 Å². The molecule has 0 unspecified atom stereocenters. The maximum absolute atomic E-state index is 5.85. The highest BCUT2D eigenvalue weighted by molar-refractivity contribution is 14.1. The average Bonchev–Trinajstić information content (AvgIpc) is 2.27. The molecule has 1 aromatic rings. The smallest absolute Gasteiger partial charge is 0.0409 e. The van der Waals surface area contributed by atoms with Crippen molar-refractivity contribution in [3.8, 4) is 0 Å². The van der Waals surface area contributed by atoms with Crippen LogP contribution in [0.3, 0.4) is 0 Å². The summed E-state index contributed by atoms with van der Waals surface area (Å²) in [4.78, 5) is 0. The van der Waals surface area contributed by atoms with E-state index in [-0.39, 0.29) is 0 Å². The number of hydrogen-bond donors (Lipinski definition) is 0. The second kappa shape index (κ2) is 2.92. The maximum atomic E-state index is 5.85. The highest BCUT2D eigenvalue weighted by atomic mass is 127. The Balaban J connectivity index is 2.43. The number of halogens is 2. The molecule has 0 radical (unpaired) electrons. The summed E-state index contributed by atoms with van der Waals surface area (Å²) in [5.74, 6) is 0. The zero-order chi connectivity index (χ0) is 7.84. The molecule has 0 spiro atoms. The van der Waals surface area contributed by atoms with Gasteiger partial charge in [-0.15, -0.1) is 0 Å². The molecule has 1 nitrogen and oxygen atoms in total. The second-order valence-corrected chi connectivity index (χ2v) is 4.49. The fraction of sp³-hybridized carbons (Fsp3) is 0.250. The van der Waals surface area contributed by atoms with Crippen molar-refractivity contribution in [3.63, 3.8) is 0 Å². The third-order valence-corrected chi connectivity index (χ3v) is 2.77. The van der Waals surface area contributed by atoms with Crippen LogP contribution in [0.5, 0.6) is 0 Å². The Morgan fingerprint density at radius 3 is 2.82 bits per heavy atom. The summed E-state index contributed by atoms with van der Waals surface area (Å²) < 4.78 is 2.25. The fourth-order valence-corrected chi connectivity index (χ4v) is 2.25. The van der Waals surface area contributed by atoms with E-state index >= 15 is 0 Å². The van der Waals surface area contributed by atoms with E-state index in [1.165, 1.54) is 11.1 Å². The Bertz CT molecular complexity index is 287. The number of nitrogens with zero attached hydrogens (tertiary/aromatic N) is 1. The summed E-state index contributed by atoms with van der Waals surface area (Å²) in [7, 11) is 0. The van der Waals surface area contributed by atoms with Crippen molar-refractivity contribution >= 4 is 34.5 Å². The molecule has 0 atom stereocenters. The second-order valence-electron chi connectivity index (χ2n) is 2.69. The molecule has 0 N–H and O–H groups in total. The largest absolute Gasteiger partial charge is 0.239 e. The predicted molar refractivity (Wildman–Crippen MR) is 54.7 cm³/mol. The van der Waals surface area contributed by atoms with Gasteiger partial charge in [0, 0.05) is 41.0 Å². The van der Waals surface area contributed by atoms with Gasteiger partial charge in [0.25, 0.3) is 0 Å². The summed E-state index contributed by atoms with van der Waals surface area (Å²) >= 11 is 8.18. The van der Waals surface area contributed by atoms with E-state index in [1.807, 2.05) is 6.07 Å². The molecule has 0 saturated carbocycles. The molecule has 1 aromatic carbocycles. The first kappa shape index (κ1) is 7.83. The van der Waals surface area contributed by atoms with Crippen molar-refractivity contribution in [2.45, 2.75) is 13.1 Å². The standard InChI is InChI=1S/C8H7ClIN/c9-8-2-1-6-4-11(10)5-7(6)3-8/h1-3H,4-5H2. The van der Waals surface area contributed by atoms with Crippen molar-refractivity contribution in [3.05, 3.63) is 34.3 Å². The Morgan fingerprint density at radius 1 is 1.27 bits per heavy atom. The van der Waals surface area contributed by atoms with E-state index in [9.17, 15) is 0 Å². The number of rotatable bonds is 0. The lowest BCUT2D eigenvalue weighted by Gasteiger charge is -1.99. The van der Waals surface area contributed by atoms with E-state index in [1.54, 1.807) is 0 Å². The number of fused-ring (bicyclic) bond motifs is 1. The van der Waals surface area contributed by atoms with Gasteiger partial charge in [-0.2, -0.15) is 0 Å². The van der Waals surface area contributed by atoms with Gasteiger partial charge in [0.1, 0.15) is 0 Å². The Hall–Kier alpha value is 0.200. The van der Waals surface area contributed by atoms with Crippen LogP contribution < -0.4 is 0 Å². The minimum Gasteiger partial charge on any atom is -0.239 e. The molecule has 1 aliphatic heterocycles. The molecular formula is C8H7ClIN. The van der Waals surface area contributed by atoms with Crippen LogP contribution in [0.1, 0.15) is 11.1 Å². The maximum Gasteiger partial charge on any atom is 0.0409 e. The molecule has 0 saturated heterocycles. The molecule has 3 heteroatoms. The van der Waals surface area contributed by atoms with Gasteiger partial charge < -0.3 is 0 Å². The Kier molecular flexibility index (Phi) is 2.08. The van der Waals surface area contributed by atoms with Crippen LogP contribution in [0.2, 0.25) is 5.02 Å². The number of benzene rings is 1. The first-order chi connectivity index (χ1) is 5.25. The number of hydrogen-bond acceptors (Lipinski definition) is 1. The van der Waals surface area contributed by atoms with E-state index < -0.39 is 0 Å². The van der Waals surface area contributed by atoms with E-state index in [0.29, 0.717) is 0 Å². The molecule has 0 fully saturated rings. The third-order valence-electron chi connectivity index (χ3n) is 1.85. The van der Waals surface area contributed by atoms with Crippen molar-refractivity contribution in [2.24, 2.45) is 0 Å². The minimum absolute atomic E-state index is 0.843. The Labute approximate surface area is 84.8 Å². The molecule has 0 aliphatic carbocycles. The Morgan fingerprint density at radius 2 is 2.00 bits per heavy atom. The highest BCUT2D eigenvalue weighted by Crippen LogP contribution is 2.27. The van der Waals surface area contributed by atoms with Crippen LogP contribution in [-0.2, 0) is 13.1 Å². The average molecular weight is 280 g/mol. The molecule has 1 aliphatic rings. The highest BCUT2D eigenvalue weighted by Gasteiger charge is 2.15. The van der Waals surface area contributed by atoms with Crippen LogP contribution in [0.4, 0.5) is 0 Å². The van der Waals surface area contributed by atoms with Crippen LogP contribution in [0.15, 0.2) is 18.2 Å². The van der Waals surface area contributed by atoms with Gasteiger partial charge in [-0.05, 0) is 23.3 Å². The van der Waals surface area contributed by atoms with Crippen LogP contribution in [0.25, 0.3) is 0 Å². The molecule has 0 amide bonds. The van der Waals surface area contributed by atoms with E-state index in [2.05, 4.69) is 38.1 Å². The summed E-state index contributed by atoms with van der Waals surface area (Å²) in [5.41, 5.74) is 2.77. The molecule has 58 valence electrons. The lowest BCUT2D eigenvalue weighted by molar-refractivity contribution is 0.554. The molecule has 0 aromatic heterocycles. The van der Waals surface area contributed by atoms with Crippen molar-refractivity contribution < 1.29 is 0 Å². The van der Waals surface area contributed by atoms with Gasteiger partial charge >= 0.3 is 0 Å². The normalized spacial score (nSPS) is 16.9. The monoisotopic (exact) mass is 279 g/mol. The zero-order valence-corrected chi connectivity index (χ0v) is 8.76. The van der Waals surface area contributed by atoms with Gasteiger partial charge in [0.05, 0.1) is 0 Å². The van der Waals surface area contributed by atoms with Gasteiger partial charge in [0.15, 0.2) is 0 Å². The molecule has 1 heterocycles. The zero-order valence-electron chi connectivity index (χ0n) is 5.85. The predicted octanol–water partition coefficient (Wildman–Crippen LogP) is 3.01. The molecule has 0 bridgehead atoms. The molecule has 11 heavy (non-hydrogen) atoms. The van der Waals surface area contributed by atoms with Crippen molar-refractivity contribution in [2.75, 3.05) is 0 Å². The SMILES string of the molecule is Clc1ccc2c(c1)CN(I)C2. The molecule has 2 rings (SSSR count). The van der Waals surface area contributed by atoms with Crippen molar-refractivity contribution in [1.29, 1.82) is 0 Å². The first-order valence-electron chi connectivity index (χ1n) is 3.44. The lowest BCUT2D eigenvalue weighted by Crippen LogP contribution is -1.97. The third kappa shape index (κ3) is 1.53. The van der Waals surface area contributed by atoms with Crippen LogP contribution in [-0.4, -0.2) is 3.11 Å². The van der Waals surface area contributed by atoms with E-state index in [0.717, 1.165) is 18.1 Å². The summed E-state index contributed by atoms with van der Waals surface area (Å²) in [6.45, 7) is 2.07. The van der Waals surface area contributed by atoms with E-state index in [4.69, 9.17) is 11.6 Å². The van der Waals surface area contributed by atoms with Gasteiger partial charge in [-0.25, -0.2) is 3.11 Å². The quantitative estimate of drug-likeness (QED) is 0.521. The summed E-state index contributed by atoms with van der Waals surface area (Å²) in [5, 5.41) is 0.843. The fourth-order valence-electron chi connectivity index (χ4n) is 1.32. The summed E-state index contributed by atoms with van der Waals surface area (Å²) in [6.07, 6.45) is 0. The summed E-state index contributed by atoms with van der Waals surface area (Å²) in [6, 6.07) is 6.11. The van der Waals surface area contributed by atoms with Crippen molar-refractivity contribution in [1.82, 2.24) is 3.11 Å². The minimum atomic E-state index is 0.843.